The number of nitrogens with one attached hydrogen (secondary N) is 1. The molecular formula is C13H18BrN3S. The van der Waals surface area contributed by atoms with E-state index >= 15 is 0 Å². The van der Waals surface area contributed by atoms with Crippen LogP contribution in [0.5, 0.6) is 0 Å². The highest BCUT2D eigenvalue weighted by Gasteiger charge is 2.10. The second-order valence-electron chi connectivity index (χ2n) is 4.61. The van der Waals surface area contributed by atoms with Crippen LogP contribution >= 0.6 is 27.3 Å². The van der Waals surface area contributed by atoms with Gasteiger partial charge in [-0.15, -0.1) is 11.3 Å². The lowest BCUT2D eigenvalue weighted by Crippen LogP contribution is -2.23. The van der Waals surface area contributed by atoms with E-state index < -0.39 is 0 Å². The molecule has 2 aromatic rings. The summed E-state index contributed by atoms with van der Waals surface area (Å²) < 4.78 is 3.45. The molecule has 0 atom stereocenters. The molecule has 0 saturated heterocycles. The van der Waals surface area contributed by atoms with Gasteiger partial charge in [0.15, 0.2) is 0 Å². The Morgan fingerprint density at radius 2 is 2.28 bits per heavy atom. The van der Waals surface area contributed by atoms with Gasteiger partial charge in [0.25, 0.3) is 0 Å². The highest BCUT2D eigenvalue weighted by atomic mass is 79.9. The fraction of sp³-hybridized carbons (Fsp3) is 0.462. The topological polar surface area (TPSA) is 29.9 Å². The number of halogens is 1. The summed E-state index contributed by atoms with van der Waals surface area (Å²) in [6, 6.07) is 2.58. The van der Waals surface area contributed by atoms with Crippen molar-refractivity contribution in [1.82, 2.24) is 14.9 Å². The molecule has 2 rings (SSSR count). The van der Waals surface area contributed by atoms with Gasteiger partial charge in [-0.05, 0) is 34.3 Å². The Bertz CT molecular complexity index is 516. The molecule has 0 spiro atoms. The van der Waals surface area contributed by atoms with Gasteiger partial charge in [0, 0.05) is 28.1 Å². The molecule has 0 saturated carbocycles. The zero-order valence-corrected chi connectivity index (χ0v) is 13.3. The monoisotopic (exact) mass is 327 g/mol. The van der Waals surface area contributed by atoms with Gasteiger partial charge in [-0.1, -0.05) is 13.8 Å². The van der Waals surface area contributed by atoms with E-state index in [9.17, 15) is 0 Å². The first-order valence-electron chi connectivity index (χ1n) is 6.04. The first-order chi connectivity index (χ1) is 8.58. The molecule has 0 unspecified atom stereocenters. The number of hydrogen-bond donors (Lipinski definition) is 1. The summed E-state index contributed by atoms with van der Waals surface area (Å²) in [5.74, 6) is 1.07. The molecule has 1 N–H and O–H groups in total. The fourth-order valence-corrected chi connectivity index (χ4v) is 3.23. The minimum absolute atomic E-state index is 0.488. The molecule has 0 aliphatic rings. The standard InChI is InChI=1S/C13H18BrN3S/c1-9(2)15-6-11-7-16-10(3)17(11)8-13-12(14)4-5-18-13/h4-5,7,9,15H,6,8H2,1-3H3. The van der Waals surface area contributed by atoms with Crippen molar-refractivity contribution >= 4 is 27.3 Å². The lowest BCUT2D eigenvalue weighted by atomic mass is 10.3. The second-order valence-corrected chi connectivity index (χ2v) is 6.47. The van der Waals surface area contributed by atoms with E-state index in [2.05, 4.69) is 63.0 Å². The van der Waals surface area contributed by atoms with Gasteiger partial charge in [-0.3, -0.25) is 0 Å². The van der Waals surface area contributed by atoms with E-state index in [1.165, 1.54) is 15.0 Å². The Hall–Kier alpha value is -0.650. The molecule has 0 aliphatic heterocycles. The van der Waals surface area contributed by atoms with E-state index in [4.69, 9.17) is 0 Å². The third-order valence-corrected chi connectivity index (χ3v) is 4.73. The molecule has 98 valence electrons. The predicted molar refractivity (Wildman–Crippen MR) is 80.1 cm³/mol. The number of nitrogens with zero attached hydrogens (tertiary/aromatic N) is 2. The van der Waals surface area contributed by atoms with Crippen LogP contribution in [0, 0.1) is 6.92 Å². The summed E-state index contributed by atoms with van der Waals surface area (Å²) in [5.41, 5.74) is 1.24. The number of thiophene rings is 1. The second kappa shape index (κ2) is 5.99. The van der Waals surface area contributed by atoms with Gasteiger partial charge >= 0.3 is 0 Å². The minimum Gasteiger partial charge on any atom is -0.326 e. The number of aryl methyl sites for hydroxylation is 1. The van der Waals surface area contributed by atoms with Crippen LogP contribution < -0.4 is 5.32 Å². The molecule has 0 bridgehead atoms. The molecule has 2 aromatic heterocycles. The molecular weight excluding hydrogens is 310 g/mol. The summed E-state index contributed by atoms with van der Waals surface area (Å²) in [5, 5.41) is 5.55. The van der Waals surface area contributed by atoms with Crippen molar-refractivity contribution in [3.05, 3.63) is 38.5 Å². The van der Waals surface area contributed by atoms with Crippen molar-refractivity contribution in [3.8, 4) is 0 Å². The first kappa shape index (κ1) is 13.8. The van der Waals surface area contributed by atoms with Gasteiger partial charge < -0.3 is 9.88 Å². The van der Waals surface area contributed by atoms with Gasteiger partial charge in [0.05, 0.1) is 12.2 Å². The number of aromatic nitrogens is 2. The number of rotatable bonds is 5. The van der Waals surface area contributed by atoms with Crippen molar-refractivity contribution in [2.24, 2.45) is 0 Å². The summed E-state index contributed by atoms with van der Waals surface area (Å²) >= 11 is 5.36. The Morgan fingerprint density at radius 1 is 1.50 bits per heavy atom. The van der Waals surface area contributed by atoms with E-state index in [1.54, 1.807) is 11.3 Å². The van der Waals surface area contributed by atoms with Crippen LogP contribution in [-0.4, -0.2) is 15.6 Å². The largest absolute Gasteiger partial charge is 0.326 e. The maximum atomic E-state index is 4.42. The molecule has 3 nitrogen and oxygen atoms in total. The van der Waals surface area contributed by atoms with Gasteiger partial charge in [0.1, 0.15) is 5.82 Å². The van der Waals surface area contributed by atoms with Crippen LogP contribution in [0.15, 0.2) is 22.1 Å². The highest BCUT2D eigenvalue weighted by Crippen LogP contribution is 2.24. The van der Waals surface area contributed by atoms with Crippen molar-refractivity contribution in [2.75, 3.05) is 0 Å². The third kappa shape index (κ3) is 3.22. The van der Waals surface area contributed by atoms with Crippen molar-refractivity contribution < 1.29 is 0 Å². The van der Waals surface area contributed by atoms with Crippen molar-refractivity contribution in [3.63, 3.8) is 0 Å². The zero-order chi connectivity index (χ0) is 13.1. The lowest BCUT2D eigenvalue weighted by molar-refractivity contribution is 0.562. The minimum atomic E-state index is 0.488. The average molecular weight is 328 g/mol. The Kier molecular flexibility index (Phi) is 4.59. The van der Waals surface area contributed by atoms with Crippen LogP contribution in [0.25, 0.3) is 0 Å². The quantitative estimate of drug-likeness (QED) is 0.909. The van der Waals surface area contributed by atoms with E-state index in [0.29, 0.717) is 6.04 Å². The van der Waals surface area contributed by atoms with E-state index in [1.807, 2.05) is 6.20 Å². The summed E-state index contributed by atoms with van der Waals surface area (Å²) in [6.07, 6.45) is 1.96. The Balaban J connectivity index is 2.16. The molecule has 0 radical (unpaired) electrons. The Labute approximate surface area is 120 Å². The SMILES string of the molecule is Cc1ncc(CNC(C)C)n1Cc1sccc1Br. The first-order valence-corrected chi connectivity index (χ1v) is 7.71. The molecule has 5 heteroatoms. The van der Waals surface area contributed by atoms with Gasteiger partial charge in [-0.25, -0.2) is 4.98 Å². The van der Waals surface area contributed by atoms with Gasteiger partial charge in [0.2, 0.25) is 0 Å². The molecule has 0 amide bonds. The molecule has 0 aromatic carbocycles. The van der Waals surface area contributed by atoms with Crippen molar-refractivity contribution in [2.45, 2.75) is 39.9 Å². The molecule has 2 heterocycles. The lowest BCUT2D eigenvalue weighted by Gasteiger charge is -2.12. The highest BCUT2D eigenvalue weighted by molar-refractivity contribution is 9.10. The number of imidazole rings is 1. The molecule has 0 fully saturated rings. The maximum absolute atomic E-state index is 4.42. The predicted octanol–water partition coefficient (Wildman–Crippen LogP) is 3.56. The normalized spacial score (nSPS) is 11.4. The van der Waals surface area contributed by atoms with Crippen LogP contribution in [0.4, 0.5) is 0 Å². The third-order valence-electron chi connectivity index (χ3n) is 2.82. The van der Waals surface area contributed by atoms with Crippen LogP contribution in [0.3, 0.4) is 0 Å². The van der Waals surface area contributed by atoms with Gasteiger partial charge in [-0.2, -0.15) is 0 Å². The number of hydrogen-bond acceptors (Lipinski definition) is 3. The van der Waals surface area contributed by atoms with Crippen molar-refractivity contribution in [1.29, 1.82) is 0 Å². The Morgan fingerprint density at radius 3 is 2.89 bits per heavy atom. The van der Waals surface area contributed by atoms with Crippen LogP contribution in [0.1, 0.15) is 30.2 Å². The summed E-state index contributed by atoms with van der Waals surface area (Å²) in [6.45, 7) is 8.12. The van der Waals surface area contributed by atoms with E-state index in [-0.39, 0.29) is 0 Å². The summed E-state index contributed by atoms with van der Waals surface area (Å²) in [7, 11) is 0. The smallest absolute Gasteiger partial charge is 0.106 e. The molecule has 0 aliphatic carbocycles. The fourth-order valence-electron chi connectivity index (χ4n) is 1.76. The zero-order valence-electron chi connectivity index (χ0n) is 10.9. The maximum Gasteiger partial charge on any atom is 0.106 e. The molecule has 18 heavy (non-hydrogen) atoms. The summed E-state index contributed by atoms with van der Waals surface area (Å²) in [4.78, 5) is 5.75. The van der Waals surface area contributed by atoms with Crippen LogP contribution in [-0.2, 0) is 13.1 Å². The average Bonchev–Trinajstić information content (AvgIpc) is 2.86. The van der Waals surface area contributed by atoms with Crippen LogP contribution in [0.2, 0.25) is 0 Å². The van der Waals surface area contributed by atoms with E-state index in [0.717, 1.165) is 18.9 Å².